The SMILES string of the molecule is CNS(=O)(=O)C1CCN(C(=O)c2cc(SC)ccc2C)CC1. The van der Waals surface area contributed by atoms with Crippen LogP contribution in [0.25, 0.3) is 0 Å². The Morgan fingerprint density at radius 1 is 1.32 bits per heavy atom. The molecule has 1 N–H and O–H groups in total. The number of thioether (sulfide) groups is 1. The van der Waals surface area contributed by atoms with Crippen molar-refractivity contribution in [2.75, 3.05) is 26.4 Å². The van der Waals surface area contributed by atoms with Crippen LogP contribution in [0.5, 0.6) is 0 Å². The van der Waals surface area contributed by atoms with Crippen molar-refractivity contribution in [3.8, 4) is 0 Å². The summed E-state index contributed by atoms with van der Waals surface area (Å²) >= 11 is 1.60. The van der Waals surface area contributed by atoms with Crippen molar-refractivity contribution in [2.45, 2.75) is 29.9 Å². The van der Waals surface area contributed by atoms with Gasteiger partial charge in [0.2, 0.25) is 10.0 Å². The third kappa shape index (κ3) is 3.64. The predicted octanol–water partition coefficient (Wildman–Crippen LogP) is 1.87. The van der Waals surface area contributed by atoms with Gasteiger partial charge in [0.25, 0.3) is 5.91 Å². The highest BCUT2D eigenvalue weighted by molar-refractivity contribution is 7.98. The molecule has 1 aliphatic heterocycles. The molecular weight excluding hydrogens is 320 g/mol. The van der Waals surface area contributed by atoms with Crippen LogP contribution in [-0.4, -0.2) is 50.9 Å². The zero-order valence-electron chi connectivity index (χ0n) is 13.1. The molecule has 1 aromatic carbocycles. The maximum absolute atomic E-state index is 12.7. The van der Waals surface area contributed by atoms with Gasteiger partial charge in [-0.25, -0.2) is 13.1 Å². The fourth-order valence-electron chi connectivity index (χ4n) is 2.66. The van der Waals surface area contributed by atoms with E-state index in [0.717, 1.165) is 10.5 Å². The minimum absolute atomic E-state index is 0.00583. The second-order valence-corrected chi connectivity index (χ2v) is 8.47. The summed E-state index contributed by atoms with van der Waals surface area (Å²) in [7, 11) is -1.81. The number of hydrogen-bond acceptors (Lipinski definition) is 4. The summed E-state index contributed by atoms with van der Waals surface area (Å²) in [5.41, 5.74) is 1.66. The van der Waals surface area contributed by atoms with Gasteiger partial charge in [0.1, 0.15) is 0 Å². The van der Waals surface area contributed by atoms with E-state index >= 15 is 0 Å². The minimum atomic E-state index is -3.25. The highest BCUT2D eigenvalue weighted by atomic mass is 32.2. The maximum atomic E-state index is 12.7. The Kier molecular flexibility index (Phi) is 5.52. The van der Waals surface area contributed by atoms with Crippen LogP contribution in [0.4, 0.5) is 0 Å². The number of likely N-dealkylation sites (tertiary alicyclic amines) is 1. The van der Waals surface area contributed by atoms with Gasteiger partial charge in [-0.1, -0.05) is 6.07 Å². The number of hydrogen-bond donors (Lipinski definition) is 1. The second-order valence-electron chi connectivity index (χ2n) is 5.42. The van der Waals surface area contributed by atoms with Gasteiger partial charge in [-0.15, -0.1) is 11.8 Å². The minimum Gasteiger partial charge on any atom is -0.339 e. The number of aryl methyl sites for hydroxylation is 1. The first-order chi connectivity index (χ1) is 10.4. The molecule has 0 aliphatic carbocycles. The molecule has 22 heavy (non-hydrogen) atoms. The number of carbonyl (C=O) groups excluding carboxylic acids is 1. The second kappa shape index (κ2) is 7.02. The summed E-state index contributed by atoms with van der Waals surface area (Å²) in [5.74, 6) is -0.00583. The van der Waals surface area contributed by atoms with Crippen molar-refractivity contribution in [1.29, 1.82) is 0 Å². The van der Waals surface area contributed by atoms with E-state index in [4.69, 9.17) is 0 Å². The van der Waals surface area contributed by atoms with Gasteiger partial charge in [0.05, 0.1) is 5.25 Å². The fourth-order valence-corrected chi connectivity index (χ4v) is 4.27. The number of nitrogens with zero attached hydrogens (tertiary/aromatic N) is 1. The van der Waals surface area contributed by atoms with Gasteiger partial charge in [-0.05, 0) is 50.8 Å². The number of piperidine rings is 1. The first-order valence-electron chi connectivity index (χ1n) is 7.25. The van der Waals surface area contributed by atoms with Gasteiger partial charge in [0, 0.05) is 23.5 Å². The van der Waals surface area contributed by atoms with Crippen LogP contribution < -0.4 is 4.72 Å². The number of sulfonamides is 1. The molecule has 0 spiro atoms. The molecule has 7 heteroatoms. The Balaban J connectivity index is 2.10. The molecule has 1 saturated heterocycles. The summed E-state index contributed by atoms with van der Waals surface area (Å²) in [6.07, 6.45) is 2.94. The van der Waals surface area contributed by atoms with E-state index < -0.39 is 15.3 Å². The lowest BCUT2D eigenvalue weighted by Crippen LogP contribution is -2.45. The average Bonchev–Trinajstić information content (AvgIpc) is 2.55. The van der Waals surface area contributed by atoms with Crippen molar-refractivity contribution in [3.63, 3.8) is 0 Å². The molecule has 1 fully saturated rings. The van der Waals surface area contributed by atoms with Crippen molar-refractivity contribution in [3.05, 3.63) is 29.3 Å². The molecule has 0 unspecified atom stereocenters. The van der Waals surface area contributed by atoms with Gasteiger partial charge >= 0.3 is 0 Å². The lowest BCUT2D eigenvalue weighted by molar-refractivity contribution is 0.0724. The lowest BCUT2D eigenvalue weighted by atomic mass is 10.1. The smallest absolute Gasteiger partial charge is 0.254 e. The van der Waals surface area contributed by atoms with Crippen LogP contribution in [-0.2, 0) is 10.0 Å². The van der Waals surface area contributed by atoms with Crippen LogP contribution in [0.15, 0.2) is 23.1 Å². The van der Waals surface area contributed by atoms with Crippen molar-refractivity contribution >= 4 is 27.7 Å². The summed E-state index contributed by atoms with van der Waals surface area (Å²) < 4.78 is 26.0. The standard InChI is InChI=1S/C15H22N2O3S2/c1-11-4-5-12(21-3)10-14(11)15(18)17-8-6-13(7-9-17)22(19,20)16-2/h4-5,10,13,16H,6-9H2,1-3H3. The molecule has 0 atom stereocenters. The Hall–Kier alpha value is -1.05. The van der Waals surface area contributed by atoms with E-state index in [1.165, 1.54) is 7.05 Å². The first-order valence-corrected chi connectivity index (χ1v) is 10.0. The van der Waals surface area contributed by atoms with Crippen LogP contribution >= 0.6 is 11.8 Å². The maximum Gasteiger partial charge on any atom is 0.254 e. The normalized spacial score (nSPS) is 16.8. The zero-order valence-corrected chi connectivity index (χ0v) is 14.8. The molecule has 0 radical (unpaired) electrons. The number of rotatable bonds is 4. The van der Waals surface area contributed by atoms with Crippen LogP contribution in [0.2, 0.25) is 0 Å². The molecule has 5 nitrogen and oxygen atoms in total. The highest BCUT2D eigenvalue weighted by Crippen LogP contribution is 2.23. The van der Waals surface area contributed by atoms with E-state index in [2.05, 4.69) is 4.72 Å². The number of nitrogens with one attached hydrogen (secondary N) is 1. The molecule has 1 aromatic rings. The molecular formula is C15H22N2O3S2. The molecule has 2 rings (SSSR count). The van der Waals surface area contributed by atoms with Crippen molar-refractivity contribution < 1.29 is 13.2 Å². The Morgan fingerprint density at radius 2 is 1.95 bits per heavy atom. The largest absolute Gasteiger partial charge is 0.339 e. The quantitative estimate of drug-likeness (QED) is 0.849. The lowest BCUT2D eigenvalue weighted by Gasteiger charge is -2.32. The fraction of sp³-hybridized carbons (Fsp3) is 0.533. The summed E-state index contributed by atoms with van der Waals surface area (Å²) in [5, 5.41) is -0.403. The van der Waals surface area contributed by atoms with E-state index in [9.17, 15) is 13.2 Å². The van der Waals surface area contributed by atoms with E-state index in [1.807, 2.05) is 31.4 Å². The van der Waals surface area contributed by atoms with Gasteiger partial charge < -0.3 is 4.90 Å². The Morgan fingerprint density at radius 3 is 2.50 bits per heavy atom. The summed E-state index contributed by atoms with van der Waals surface area (Å²) in [6.45, 7) is 2.89. The van der Waals surface area contributed by atoms with E-state index in [1.54, 1.807) is 16.7 Å². The molecule has 1 amide bonds. The molecule has 1 aliphatic rings. The van der Waals surface area contributed by atoms with Gasteiger partial charge in [-0.3, -0.25) is 4.79 Å². The van der Waals surface area contributed by atoms with E-state index in [0.29, 0.717) is 31.5 Å². The van der Waals surface area contributed by atoms with Crippen LogP contribution in [0.1, 0.15) is 28.8 Å². The van der Waals surface area contributed by atoms with Gasteiger partial charge in [0.15, 0.2) is 0 Å². The van der Waals surface area contributed by atoms with Crippen LogP contribution in [0, 0.1) is 6.92 Å². The zero-order chi connectivity index (χ0) is 16.3. The molecule has 0 saturated carbocycles. The topological polar surface area (TPSA) is 66.5 Å². The molecule has 0 bridgehead atoms. The van der Waals surface area contributed by atoms with Gasteiger partial charge in [-0.2, -0.15) is 0 Å². The average molecular weight is 342 g/mol. The third-order valence-electron chi connectivity index (χ3n) is 4.13. The molecule has 0 aromatic heterocycles. The number of amides is 1. The van der Waals surface area contributed by atoms with Crippen molar-refractivity contribution in [2.24, 2.45) is 0 Å². The number of benzene rings is 1. The van der Waals surface area contributed by atoms with E-state index in [-0.39, 0.29) is 5.91 Å². The van der Waals surface area contributed by atoms with Crippen molar-refractivity contribution in [1.82, 2.24) is 9.62 Å². The summed E-state index contributed by atoms with van der Waals surface area (Å²) in [6, 6.07) is 5.87. The third-order valence-corrected chi connectivity index (χ3v) is 6.77. The Labute approximate surface area is 136 Å². The highest BCUT2D eigenvalue weighted by Gasteiger charge is 2.31. The number of carbonyl (C=O) groups is 1. The first kappa shape index (κ1) is 17.3. The summed E-state index contributed by atoms with van der Waals surface area (Å²) in [4.78, 5) is 15.5. The predicted molar refractivity (Wildman–Crippen MR) is 89.9 cm³/mol. The monoisotopic (exact) mass is 342 g/mol. The molecule has 1 heterocycles. The van der Waals surface area contributed by atoms with Crippen LogP contribution in [0.3, 0.4) is 0 Å². The Bertz CT molecular complexity index is 651. The molecule has 122 valence electrons.